The van der Waals surface area contributed by atoms with Crippen molar-refractivity contribution in [1.29, 1.82) is 0 Å². The van der Waals surface area contributed by atoms with E-state index in [0.29, 0.717) is 17.6 Å². The summed E-state index contributed by atoms with van der Waals surface area (Å²) >= 11 is 0. The Labute approximate surface area is 124 Å². The minimum atomic E-state index is 0.280. The fourth-order valence-corrected chi connectivity index (χ4v) is 4.07. The van der Waals surface area contributed by atoms with Gasteiger partial charge in [0.15, 0.2) is 0 Å². The minimum Gasteiger partial charge on any atom is -0.306 e. The smallest absolute Gasteiger partial charge is 0.137 e. The number of likely N-dealkylation sites (tertiary alicyclic amines) is 1. The number of carbonyl (C=O) groups excluding carboxylic acids is 1. The Kier molecular flexibility index (Phi) is 5.62. The van der Waals surface area contributed by atoms with E-state index in [1.807, 2.05) is 0 Å². The first kappa shape index (κ1) is 16.0. The second kappa shape index (κ2) is 7.04. The highest BCUT2D eigenvalue weighted by molar-refractivity contribution is 5.82. The number of hydrogen-bond donors (Lipinski definition) is 0. The Morgan fingerprint density at radius 1 is 1.20 bits per heavy atom. The van der Waals surface area contributed by atoms with Crippen LogP contribution in [0.5, 0.6) is 0 Å². The van der Waals surface area contributed by atoms with E-state index in [1.165, 1.54) is 38.9 Å². The van der Waals surface area contributed by atoms with Crippen LogP contribution in [0, 0.1) is 23.7 Å². The van der Waals surface area contributed by atoms with Crippen molar-refractivity contribution in [2.24, 2.45) is 23.7 Å². The standard InChI is InChI=1S/C17H32N2O/c1-13-9-14(2)16(17(20)10-13)12-19(4)11-15-5-7-18(3)8-6-15/h13-16H,5-12H2,1-4H3. The largest absolute Gasteiger partial charge is 0.306 e. The van der Waals surface area contributed by atoms with Gasteiger partial charge in [0.1, 0.15) is 5.78 Å². The minimum absolute atomic E-state index is 0.280. The number of piperidine rings is 1. The molecule has 1 aliphatic carbocycles. The molecule has 0 aromatic carbocycles. The van der Waals surface area contributed by atoms with E-state index in [-0.39, 0.29) is 5.92 Å². The molecule has 1 aliphatic heterocycles. The van der Waals surface area contributed by atoms with Gasteiger partial charge in [-0.3, -0.25) is 4.79 Å². The molecule has 0 N–H and O–H groups in total. The topological polar surface area (TPSA) is 23.6 Å². The predicted molar refractivity (Wildman–Crippen MR) is 83.8 cm³/mol. The van der Waals surface area contributed by atoms with Crippen molar-refractivity contribution in [3.8, 4) is 0 Å². The molecule has 3 heteroatoms. The summed E-state index contributed by atoms with van der Waals surface area (Å²) in [7, 11) is 4.42. The Morgan fingerprint density at radius 3 is 2.45 bits per heavy atom. The molecule has 0 amide bonds. The van der Waals surface area contributed by atoms with E-state index in [2.05, 4.69) is 37.7 Å². The van der Waals surface area contributed by atoms with Crippen molar-refractivity contribution < 1.29 is 4.79 Å². The van der Waals surface area contributed by atoms with E-state index in [1.54, 1.807) is 0 Å². The molecule has 3 atom stereocenters. The lowest BCUT2D eigenvalue weighted by molar-refractivity contribution is -0.128. The molecule has 0 spiro atoms. The van der Waals surface area contributed by atoms with Gasteiger partial charge in [0.2, 0.25) is 0 Å². The fourth-order valence-electron chi connectivity index (χ4n) is 4.07. The van der Waals surface area contributed by atoms with Crippen LogP contribution >= 0.6 is 0 Å². The number of carbonyl (C=O) groups is 1. The van der Waals surface area contributed by atoms with Crippen LogP contribution in [0.15, 0.2) is 0 Å². The Balaban J connectivity index is 1.78. The zero-order valence-corrected chi connectivity index (χ0v) is 13.8. The summed E-state index contributed by atoms with van der Waals surface area (Å²) in [5.74, 6) is 2.76. The maximum absolute atomic E-state index is 12.3. The van der Waals surface area contributed by atoms with Crippen molar-refractivity contribution in [1.82, 2.24) is 9.80 Å². The molecule has 2 fully saturated rings. The van der Waals surface area contributed by atoms with E-state index < -0.39 is 0 Å². The summed E-state index contributed by atoms with van der Waals surface area (Å²) in [4.78, 5) is 17.1. The van der Waals surface area contributed by atoms with Crippen LogP contribution in [-0.2, 0) is 4.79 Å². The van der Waals surface area contributed by atoms with Crippen LogP contribution < -0.4 is 0 Å². The zero-order chi connectivity index (χ0) is 14.7. The van der Waals surface area contributed by atoms with Crippen molar-refractivity contribution in [2.45, 2.75) is 39.5 Å². The Bertz CT molecular complexity index is 323. The lowest BCUT2D eigenvalue weighted by Crippen LogP contribution is -2.41. The molecule has 2 aliphatic rings. The molecule has 3 nitrogen and oxygen atoms in total. The quantitative estimate of drug-likeness (QED) is 0.790. The number of hydrogen-bond acceptors (Lipinski definition) is 3. The van der Waals surface area contributed by atoms with Gasteiger partial charge in [-0.05, 0) is 64.2 Å². The van der Waals surface area contributed by atoms with Gasteiger partial charge in [-0.1, -0.05) is 13.8 Å². The van der Waals surface area contributed by atoms with Crippen molar-refractivity contribution >= 4 is 5.78 Å². The Morgan fingerprint density at radius 2 is 1.85 bits per heavy atom. The molecule has 1 heterocycles. The highest BCUT2D eigenvalue weighted by Gasteiger charge is 2.33. The third-order valence-corrected chi connectivity index (χ3v) is 5.34. The number of rotatable bonds is 4. The average molecular weight is 280 g/mol. The normalized spacial score (nSPS) is 33.9. The van der Waals surface area contributed by atoms with Gasteiger partial charge in [0, 0.05) is 25.4 Å². The molecule has 1 saturated heterocycles. The predicted octanol–water partition coefficient (Wildman–Crippen LogP) is 2.51. The maximum atomic E-state index is 12.3. The average Bonchev–Trinajstić information content (AvgIpc) is 2.36. The third kappa shape index (κ3) is 4.29. The SMILES string of the molecule is CC1CC(=O)C(CN(C)CC2CCN(C)CC2)C(C)C1. The van der Waals surface area contributed by atoms with E-state index in [0.717, 1.165) is 18.9 Å². The molecule has 0 radical (unpaired) electrons. The van der Waals surface area contributed by atoms with E-state index in [4.69, 9.17) is 0 Å². The van der Waals surface area contributed by atoms with Gasteiger partial charge in [-0.2, -0.15) is 0 Å². The van der Waals surface area contributed by atoms with Crippen molar-refractivity contribution in [3.63, 3.8) is 0 Å². The summed E-state index contributed by atoms with van der Waals surface area (Å²) in [5, 5.41) is 0. The summed E-state index contributed by atoms with van der Waals surface area (Å²) in [5.41, 5.74) is 0. The fraction of sp³-hybridized carbons (Fsp3) is 0.941. The van der Waals surface area contributed by atoms with Gasteiger partial charge in [-0.15, -0.1) is 0 Å². The number of Topliss-reactive ketones (excluding diaryl/α,β-unsaturated/α-hetero) is 1. The first-order chi connectivity index (χ1) is 9.45. The molecule has 116 valence electrons. The second-order valence-corrected chi connectivity index (χ2v) is 7.56. The third-order valence-electron chi connectivity index (χ3n) is 5.34. The van der Waals surface area contributed by atoms with Crippen molar-refractivity contribution in [2.75, 3.05) is 40.3 Å². The van der Waals surface area contributed by atoms with Crippen LogP contribution in [0.1, 0.15) is 39.5 Å². The lowest BCUT2D eigenvalue weighted by atomic mass is 9.74. The van der Waals surface area contributed by atoms with Crippen LogP contribution in [0.3, 0.4) is 0 Å². The molecular weight excluding hydrogens is 248 g/mol. The highest BCUT2D eigenvalue weighted by Crippen LogP contribution is 2.31. The van der Waals surface area contributed by atoms with Gasteiger partial charge >= 0.3 is 0 Å². The molecule has 1 saturated carbocycles. The lowest BCUT2D eigenvalue weighted by Gasteiger charge is -2.36. The van der Waals surface area contributed by atoms with E-state index in [9.17, 15) is 4.79 Å². The first-order valence-corrected chi connectivity index (χ1v) is 8.35. The van der Waals surface area contributed by atoms with Crippen LogP contribution in [0.4, 0.5) is 0 Å². The highest BCUT2D eigenvalue weighted by atomic mass is 16.1. The monoisotopic (exact) mass is 280 g/mol. The summed E-state index contributed by atoms with van der Waals surface area (Å²) < 4.78 is 0. The number of ketones is 1. The van der Waals surface area contributed by atoms with Crippen LogP contribution in [-0.4, -0.2) is 55.9 Å². The molecular formula is C17H32N2O. The van der Waals surface area contributed by atoms with Gasteiger partial charge < -0.3 is 9.80 Å². The maximum Gasteiger partial charge on any atom is 0.137 e. The molecule has 2 rings (SSSR count). The molecule has 0 aromatic heterocycles. The molecule has 3 unspecified atom stereocenters. The van der Waals surface area contributed by atoms with Gasteiger partial charge in [0.05, 0.1) is 0 Å². The van der Waals surface area contributed by atoms with Crippen LogP contribution in [0.2, 0.25) is 0 Å². The molecule has 0 bridgehead atoms. The van der Waals surface area contributed by atoms with Gasteiger partial charge in [0.25, 0.3) is 0 Å². The van der Waals surface area contributed by atoms with E-state index >= 15 is 0 Å². The van der Waals surface area contributed by atoms with Crippen molar-refractivity contribution in [3.05, 3.63) is 0 Å². The van der Waals surface area contributed by atoms with Crippen LogP contribution in [0.25, 0.3) is 0 Å². The summed E-state index contributed by atoms with van der Waals surface area (Å²) in [6.45, 7) is 9.08. The summed E-state index contributed by atoms with van der Waals surface area (Å²) in [6.07, 6.45) is 4.65. The molecule has 0 aromatic rings. The summed E-state index contributed by atoms with van der Waals surface area (Å²) in [6, 6.07) is 0. The zero-order valence-electron chi connectivity index (χ0n) is 13.8. The Hall–Kier alpha value is -0.410. The van der Waals surface area contributed by atoms with Gasteiger partial charge in [-0.25, -0.2) is 0 Å². The number of nitrogens with zero attached hydrogens (tertiary/aromatic N) is 2. The second-order valence-electron chi connectivity index (χ2n) is 7.56. The first-order valence-electron chi connectivity index (χ1n) is 8.35. The molecule has 20 heavy (non-hydrogen) atoms.